The smallest absolute Gasteiger partial charge is 0.142 e. The van der Waals surface area contributed by atoms with Crippen molar-refractivity contribution < 1.29 is 0 Å². The van der Waals surface area contributed by atoms with Crippen molar-refractivity contribution in [3.63, 3.8) is 0 Å². The molecule has 0 saturated heterocycles. The lowest BCUT2D eigenvalue weighted by molar-refractivity contribution is 0.362. The molecule has 1 aromatic carbocycles. The highest BCUT2D eigenvalue weighted by molar-refractivity contribution is 5.98. The highest BCUT2D eigenvalue weighted by Gasteiger charge is 2.05. The Morgan fingerprint density at radius 3 is 2.60 bits per heavy atom. The summed E-state index contributed by atoms with van der Waals surface area (Å²) in [4.78, 5) is 4.41. The van der Waals surface area contributed by atoms with Crippen LogP contribution in [0.4, 0.5) is 0 Å². The fourth-order valence-electron chi connectivity index (χ4n) is 1.63. The Kier molecular flexibility index (Phi) is 12.1. The Hall–Kier alpha value is -2.81. The van der Waals surface area contributed by atoms with Gasteiger partial charge in [0.05, 0.1) is 25.1 Å². The van der Waals surface area contributed by atoms with Crippen molar-refractivity contribution in [1.29, 1.82) is 10.5 Å². The number of nitriles is 2. The molecule has 0 unspecified atom stereocenters. The number of terminal acetylenes is 1. The van der Waals surface area contributed by atoms with Gasteiger partial charge in [-0.05, 0) is 25.0 Å². The summed E-state index contributed by atoms with van der Waals surface area (Å²) in [5.41, 5.74) is 5.20. The maximum atomic E-state index is 8.57. The molecule has 0 saturated carbocycles. The third kappa shape index (κ3) is 10.6. The highest BCUT2D eigenvalue weighted by atomic mass is 15.5. The number of benzene rings is 1. The van der Waals surface area contributed by atoms with Gasteiger partial charge in [0, 0.05) is 32.0 Å². The van der Waals surface area contributed by atoms with E-state index in [4.69, 9.17) is 16.9 Å². The van der Waals surface area contributed by atoms with Crippen LogP contribution in [0.25, 0.3) is 0 Å². The molecule has 1 aromatic rings. The van der Waals surface area contributed by atoms with Crippen molar-refractivity contribution in [1.82, 2.24) is 10.4 Å². The average molecular weight is 336 g/mol. The monoisotopic (exact) mass is 336 g/mol. The van der Waals surface area contributed by atoms with Crippen LogP contribution < -0.4 is 5.43 Å². The molecule has 0 aliphatic rings. The standard InChI is InChI=1S/C15H18N4.C5H8N/c1-4-7-13-8-5-9-14(12-13)15(18-19(2)3)17-11-6-10-16;1-3-5(2)4-6/h1,5,8-9,12H,6-7,11H2,2-3H3,(H,17,18);5H,1,3H2,2H3/t;5-/m.0/s1. The molecule has 0 fully saturated rings. The Morgan fingerprint density at radius 1 is 1.40 bits per heavy atom. The maximum absolute atomic E-state index is 8.57. The Morgan fingerprint density at radius 2 is 2.12 bits per heavy atom. The number of hydrogen-bond donors (Lipinski definition) is 1. The largest absolute Gasteiger partial charge is 0.303 e. The lowest BCUT2D eigenvalue weighted by Gasteiger charge is -2.16. The molecular weight excluding hydrogens is 310 g/mol. The summed E-state index contributed by atoms with van der Waals surface area (Å²) in [6, 6.07) is 12.1. The van der Waals surface area contributed by atoms with Crippen LogP contribution >= 0.6 is 0 Å². The first kappa shape index (κ1) is 22.2. The van der Waals surface area contributed by atoms with Gasteiger partial charge in [0.1, 0.15) is 5.84 Å². The first-order valence-electron chi connectivity index (χ1n) is 8.05. The Bertz CT molecular complexity index is 656. The summed E-state index contributed by atoms with van der Waals surface area (Å²) in [7, 11) is 3.79. The molecule has 0 bridgehead atoms. The quantitative estimate of drug-likeness (QED) is 0.285. The minimum atomic E-state index is 0.130. The zero-order chi connectivity index (χ0) is 19.1. The van der Waals surface area contributed by atoms with Crippen LogP contribution in [0.3, 0.4) is 0 Å². The molecule has 5 heteroatoms. The molecule has 1 N–H and O–H groups in total. The molecule has 5 nitrogen and oxygen atoms in total. The van der Waals surface area contributed by atoms with E-state index in [-0.39, 0.29) is 5.92 Å². The van der Waals surface area contributed by atoms with Crippen LogP contribution in [0.15, 0.2) is 29.3 Å². The van der Waals surface area contributed by atoms with Crippen molar-refractivity contribution in [3.8, 4) is 24.5 Å². The van der Waals surface area contributed by atoms with Gasteiger partial charge in [0.25, 0.3) is 0 Å². The number of aliphatic imine (C=N–C) groups is 1. The van der Waals surface area contributed by atoms with Crippen LogP contribution in [0.5, 0.6) is 0 Å². The molecule has 1 atom stereocenters. The second-order valence-corrected chi connectivity index (χ2v) is 5.54. The van der Waals surface area contributed by atoms with Gasteiger partial charge in [-0.25, -0.2) is 5.01 Å². The predicted molar refractivity (Wildman–Crippen MR) is 102 cm³/mol. The molecule has 0 spiro atoms. The Balaban J connectivity index is 0.000000823. The number of hydrazine groups is 1. The number of rotatable bonds is 6. The van der Waals surface area contributed by atoms with E-state index in [0.717, 1.165) is 23.4 Å². The number of nitrogens with one attached hydrogen (secondary N) is 1. The van der Waals surface area contributed by atoms with Crippen LogP contribution in [0.2, 0.25) is 0 Å². The second kappa shape index (κ2) is 13.6. The maximum Gasteiger partial charge on any atom is 0.142 e. The SMILES string of the molecule is C#CCc1cccc(C(=NCCC#N)NN(C)C)c1.[CH2]C[C@H](C)C#N. The summed E-state index contributed by atoms with van der Waals surface area (Å²) in [5, 5.41) is 18.4. The minimum absolute atomic E-state index is 0.130. The summed E-state index contributed by atoms with van der Waals surface area (Å²) < 4.78 is 0. The van der Waals surface area contributed by atoms with Crippen LogP contribution in [0.1, 0.15) is 30.9 Å². The normalized spacial score (nSPS) is 11.4. The van der Waals surface area contributed by atoms with Crippen molar-refractivity contribution in [2.45, 2.75) is 26.2 Å². The van der Waals surface area contributed by atoms with Crippen molar-refractivity contribution in [2.75, 3.05) is 20.6 Å². The molecule has 131 valence electrons. The lowest BCUT2D eigenvalue weighted by Crippen LogP contribution is -2.37. The Labute approximate surface area is 152 Å². The molecule has 0 aliphatic heterocycles. The van der Waals surface area contributed by atoms with E-state index >= 15 is 0 Å². The van der Waals surface area contributed by atoms with Gasteiger partial charge in [-0.1, -0.05) is 25.1 Å². The third-order valence-electron chi connectivity index (χ3n) is 2.98. The van der Waals surface area contributed by atoms with Crippen molar-refractivity contribution >= 4 is 5.84 Å². The predicted octanol–water partition coefficient (Wildman–Crippen LogP) is 2.96. The third-order valence-corrected chi connectivity index (χ3v) is 2.98. The van der Waals surface area contributed by atoms with Crippen molar-refractivity contribution in [2.24, 2.45) is 10.9 Å². The van der Waals surface area contributed by atoms with E-state index in [2.05, 4.69) is 35.4 Å². The highest BCUT2D eigenvalue weighted by Crippen LogP contribution is 2.07. The van der Waals surface area contributed by atoms with E-state index in [1.54, 1.807) is 0 Å². The van der Waals surface area contributed by atoms with Gasteiger partial charge in [-0.2, -0.15) is 10.5 Å². The molecule has 25 heavy (non-hydrogen) atoms. The van der Waals surface area contributed by atoms with Gasteiger partial charge in [-0.3, -0.25) is 4.99 Å². The summed E-state index contributed by atoms with van der Waals surface area (Å²) in [5.74, 6) is 3.51. The van der Waals surface area contributed by atoms with E-state index in [0.29, 0.717) is 19.4 Å². The molecule has 0 aromatic heterocycles. The van der Waals surface area contributed by atoms with Gasteiger partial charge in [-0.15, -0.1) is 12.3 Å². The second-order valence-electron chi connectivity index (χ2n) is 5.54. The summed E-state index contributed by atoms with van der Waals surface area (Å²) in [6.45, 7) is 5.87. The molecular formula is C20H26N5. The van der Waals surface area contributed by atoms with Gasteiger partial charge >= 0.3 is 0 Å². The molecule has 1 rings (SSSR count). The number of hydrogen-bond acceptors (Lipinski definition) is 4. The van der Waals surface area contributed by atoms with Crippen molar-refractivity contribution in [3.05, 3.63) is 42.3 Å². The van der Waals surface area contributed by atoms with Gasteiger partial charge < -0.3 is 5.43 Å². The van der Waals surface area contributed by atoms with Crippen LogP contribution in [-0.2, 0) is 6.42 Å². The van der Waals surface area contributed by atoms with Crippen LogP contribution in [-0.4, -0.2) is 31.5 Å². The lowest BCUT2D eigenvalue weighted by atomic mass is 10.1. The molecule has 1 radical (unpaired) electrons. The minimum Gasteiger partial charge on any atom is -0.303 e. The first-order chi connectivity index (χ1) is 12.0. The molecule has 0 heterocycles. The fourth-order valence-corrected chi connectivity index (χ4v) is 1.63. The van der Waals surface area contributed by atoms with Gasteiger partial charge in [0.15, 0.2) is 0 Å². The van der Waals surface area contributed by atoms with E-state index in [9.17, 15) is 0 Å². The summed E-state index contributed by atoms with van der Waals surface area (Å²) >= 11 is 0. The first-order valence-corrected chi connectivity index (χ1v) is 8.05. The van der Waals surface area contributed by atoms with E-state index in [1.807, 2.05) is 50.3 Å². The van der Waals surface area contributed by atoms with E-state index < -0.39 is 0 Å². The topological polar surface area (TPSA) is 75.2 Å². The zero-order valence-electron chi connectivity index (χ0n) is 15.3. The molecule has 0 aliphatic carbocycles. The summed E-state index contributed by atoms with van der Waals surface area (Å²) in [6.07, 6.45) is 7.05. The van der Waals surface area contributed by atoms with Gasteiger partial charge in [0.2, 0.25) is 0 Å². The molecule has 0 amide bonds. The van der Waals surface area contributed by atoms with Crippen LogP contribution in [0, 0.1) is 47.8 Å². The zero-order valence-corrected chi connectivity index (χ0v) is 15.3. The average Bonchev–Trinajstić information content (AvgIpc) is 2.61. The number of amidine groups is 1. The fraction of sp³-hybridized carbons (Fsp3) is 0.400. The van der Waals surface area contributed by atoms with E-state index in [1.165, 1.54) is 0 Å². The number of nitrogens with zero attached hydrogens (tertiary/aromatic N) is 4.